The van der Waals surface area contributed by atoms with Gasteiger partial charge in [-0.3, -0.25) is 9.59 Å². The Morgan fingerprint density at radius 2 is 1.68 bits per heavy atom. The van der Waals surface area contributed by atoms with E-state index in [1.54, 1.807) is 64.6 Å². The van der Waals surface area contributed by atoms with Gasteiger partial charge in [-0.1, -0.05) is 29.5 Å². The van der Waals surface area contributed by atoms with Crippen LogP contribution in [0.4, 0.5) is 9.59 Å². The third-order valence-electron chi connectivity index (χ3n) is 5.40. The molecule has 10 nitrogen and oxygen atoms in total. The summed E-state index contributed by atoms with van der Waals surface area (Å²) in [4.78, 5) is 52.2. The minimum atomic E-state index is -0.870. The van der Waals surface area contributed by atoms with Crippen LogP contribution in [0.25, 0.3) is 10.2 Å². The number of carbonyl (C=O) groups is 3. The number of amides is 1. The van der Waals surface area contributed by atoms with Gasteiger partial charge in [-0.05, 0) is 83.7 Å². The van der Waals surface area contributed by atoms with Gasteiger partial charge >= 0.3 is 17.1 Å². The predicted molar refractivity (Wildman–Crippen MR) is 153 cm³/mol. The number of ether oxygens (including phenoxy) is 4. The second-order valence-corrected chi connectivity index (χ2v) is 12.1. The third-order valence-corrected chi connectivity index (χ3v) is 6.35. The normalized spacial score (nSPS) is 11.7. The Morgan fingerprint density at radius 3 is 2.35 bits per heavy atom. The predicted octanol–water partition coefficient (Wildman–Crippen LogP) is 5.50. The smallest absolute Gasteiger partial charge is 0.486 e. The second-order valence-electron chi connectivity index (χ2n) is 11.1. The van der Waals surface area contributed by atoms with Crippen molar-refractivity contribution in [1.82, 2.24) is 9.88 Å². The highest BCUT2D eigenvalue weighted by Crippen LogP contribution is 2.30. The van der Waals surface area contributed by atoms with E-state index < -0.39 is 23.5 Å². The van der Waals surface area contributed by atoms with Crippen LogP contribution >= 0.6 is 11.3 Å². The Bertz CT molecular complexity index is 1400. The molecule has 0 aliphatic heterocycles. The van der Waals surface area contributed by atoms with Crippen LogP contribution < -0.4 is 14.3 Å². The largest absolute Gasteiger partial charge is 0.514 e. The molecule has 0 saturated heterocycles. The van der Waals surface area contributed by atoms with Crippen LogP contribution in [0.1, 0.15) is 52.7 Å². The van der Waals surface area contributed by atoms with E-state index in [0.717, 1.165) is 22.5 Å². The van der Waals surface area contributed by atoms with Gasteiger partial charge in [0, 0.05) is 13.1 Å². The number of nitrogens with one attached hydrogen (secondary N) is 1. The molecule has 2 aromatic carbocycles. The van der Waals surface area contributed by atoms with E-state index in [2.05, 4.69) is 4.98 Å². The molecule has 1 heterocycles. The van der Waals surface area contributed by atoms with Gasteiger partial charge < -0.3 is 28.8 Å². The van der Waals surface area contributed by atoms with E-state index >= 15 is 0 Å². The van der Waals surface area contributed by atoms with Crippen LogP contribution in [0.3, 0.4) is 0 Å². The first kappa shape index (κ1) is 30.7. The maximum absolute atomic E-state index is 13.1. The number of nitrogens with zero attached hydrogens (tertiary/aromatic N) is 1. The van der Waals surface area contributed by atoms with Crippen molar-refractivity contribution >= 4 is 40.1 Å². The van der Waals surface area contributed by atoms with E-state index in [4.69, 9.17) is 18.9 Å². The number of rotatable bonds is 10. The van der Waals surface area contributed by atoms with Crippen molar-refractivity contribution < 1.29 is 33.3 Å². The van der Waals surface area contributed by atoms with Gasteiger partial charge in [-0.15, -0.1) is 0 Å². The fourth-order valence-corrected chi connectivity index (χ4v) is 4.66. The molecule has 0 radical (unpaired) electrons. The quantitative estimate of drug-likeness (QED) is 0.192. The first-order chi connectivity index (χ1) is 18.7. The third kappa shape index (κ3) is 9.41. The van der Waals surface area contributed by atoms with Crippen LogP contribution in [-0.2, 0) is 27.1 Å². The molecule has 0 fully saturated rings. The summed E-state index contributed by atoms with van der Waals surface area (Å²) in [6.07, 6.45) is 0.325. The molecule has 0 aliphatic carbocycles. The van der Waals surface area contributed by atoms with Crippen molar-refractivity contribution in [2.45, 2.75) is 65.6 Å². The lowest BCUT2D eigenvalue weighted by atomic mass is 10.1. The number of aromatic nitrogens is 1. The molecular weight excluding hydrogens is 536 g/mol. The minimum absolute atomic E-state index is 0.0330. The molecule has 3 rings (SSSR count). The van der Waals surface area contributed by atoms with Gasteiger partial charge in [-0.2, -0.15) is 0 Å². The zero-order valence-corrected chi connectivity index (χ0v) is 24.5. The van der Waals surface area contributed by atoms with Crippen LogP contribution in [0.15, 0.2) is 41.2 Å². The Balaban J connectivity index is 1.78. The number of aldehydes is 1. The first-order valence-corrected chi connectivity index (χ1v) is 13.7. The maximum Gasteiger partial charge on any atom is 0.514 e. The van der Waals surface area contributed by atoms with Crippen molar-refractivity contribution in [3.63, 3.8) is 0 Å². The molecule has 0 saturated carbocycles. The van der Waals surface area contributed by atoms with Crippen molar-refractivity contribution in [3.8, 4) is 11.5 Å². The van der Waals surface area contributed by atoms with Gasteiger partial charge in [0.25, 0.3) is 0 Å². The number of carbonyl (C=O) groups excluding carboxylic acids is 3. The van der Waals surface area contributed by atoms with Crippen LogP contribution in [0.5, 0.6) is 11.5 Å². The number of H-pyrrole nitrogens is 1. The minimum Gasteiger partial charge on any atom is -0.486 e. The molecule has 0 aliphatic rings. The van der Waals surface area contributed by atoms with E-state index in [0.29, 0.717) is 48.2 Å². The van der Waals surface area contributed by atoms with E-state index in [1.165, 1.54) is 0 Å². The van der Waals surface area contributed by atoms with Crippen LogP contribution in [0, 0.1) is 0 Å². The average Bonchev–Trinajstić information content (AvgIpc) is 3.23. The van der Waals surface area contributed by atoms with E-state index in [9.17, 15) is 19.2 Å². The SMILES string of the molecule is CC(C)(C)OC(=O)Oc1ccc(CCN(CCc2cccc(OCC=O)c2)C(=O)OC(C)(C)C)c2sc(=O)[nH]c12. The standard InChI is InChI=1S/C29H36N2O8S/c1-28(2,3)38-26(34)31(14-12-19-8-7-9-21(18-19)36-17-16-32)15-13-20-10-11-22(23-24(20)40-25(33)30-23)37-27(35)39-29(4,5)6/h7-11,16,18H,12-15,17H2,1-6H3,(H,30,33). The summed E-state index contributed by atoms with van der Waals surface area (Å²) in [5.74, 6) is 0.763. The molecule has 0 atom stereocenters. The lowest BCUT2D eigenvalue weighted by Gasteiger charge is -2.27. The topological polar surface area (TPSA) is 124 Å². The Kier molecular flexibility index (Phi) is 9.97. The summed E-state index contributed by atoms with van der Waals surface area (Å²) in [5, 5.41) is 0. The van der Waals surface area contributed by atoms with E-state index in [-0.39, 0.29) is 17.2 Å². The first-order valence-electron chi connectivity index (χ1n) is 12.9. The monoisotopic (exact) mass is 572 g/mol. The molecule has 216 valence electrons. The molecular formula is C29H36N2O8S. The average molecular weight is 573 g/mol. The van der Waals surface area contributed by atoms with Crippen LogP contribution in [0.2, 0.25) is 0 Å². The molecule has 0 spiro atoms. The summed E-state index contributed by atoms with van der Waals surface area (Å²) >= 11 is 1.00. The molecule has 0 unspecified atom stereocenters. The summed E-state index contributed by atoms with van der Waals surface area (Å²) in [6, 6.07) is 10.7. The molecule has 11 heteroatoms. The van der Waals surface area contributed by atoms with Gasteiger partial charge in [0.2, 0.25) is 0 Å². The van der Waals surface area contributed by atoms with E-state index in [1.807, 2.05) is 18.2 Å². The summed E-state index contributed by atoms with van der Waals surface area (Å²) in [5.41, 5.74) is 0.744. The lowest BCUT2D eigenvalue weighted by molar-refractivity contribution is -0.109. The number of benzene rings is 2. The molecule has 0 bridgehead atoms. The van der Waals surface area contributed by atoms with Crippen molar-refractivity contribution in [2.75, 3.05) is 19.7 Å². The molecule has 3 aromatic rings. The second kappa shape index (κ2) is 13.0. The van der Waals surface area contributed by atoms with Crippen molar-refractivity contribution in [1.29, 1.82) is 0 Å². The Hall–Kier alpha value is -3.86. The molecule has 1 aromatic heterocycles. The number of hydrogen-bond donors (Lipinski definition) is 1. The Morgan fingerprint density at radius 1 is 0.975 bits per heavy atom. The fourth-order valence-electron chi connectivity index (χ4n) is 3.77. The van der Waals surface area contributed by atoms with Gasteiger partial charge in [0.15, 0.2) is 12.0 Å². The lowest BCUT2D eigenvalue weighted by Crippen LogP contribution is -2.39. The van der Waals surface area contributed by atoms with Crippen molar-refractivity contribution in [3.05, 3.63) is 57.2 Å². The fraction of sp³-hybridized carbons (Fsp3) is 0.448. The highest BCUT2D eigenvalue weighted by Gasteiger charge is 2.24. The van der Waals surface area contributed by atoms with Gasteiger partial charge in [0.1, 0.15) is 29.1 Å². The van der Waals surface area contributed by atoms with Gasteiger partial charge in [0.05, 0.1) is 4.70 Å². The number of thiazole rings is 1. The van der Waals surface area contributed by atoms with Crippen molar-refractivity contribution in [2.24, 2.45) is 0 Å². The number of aromatic amines is 1. The zero-order chi connectivity index (χ0) is 29.5. The maximum atomic E-state index is 13.1. The summed E-state index contributed by atoms with van der Waals surface area (Å²) < 4.78 is 22.3. The number of fused-ring (bicyclic) bond motifs is 1. The van der Waals surface area contributed by atoms with Gasteiger partial charge in [-0.25, -0.2) is 9.59 Å². The summed E-state index contributed by atoms with van der Waals surface area (Å²) in [6.45, 7) is 11.3. The molecule has 1 N–H and O–H groups in total. The Labute approximate surface area is 237 Å². The van der Waals surface area contributed by atoms with Crippen LogP contribution in [-0.4, -0.2) is 59.3 Å². The molecule has 1 amide bonds. The highest BCUT2D eigenvalue weighted by atomic mass is 32.1. The highest BCUT2D eigenvalue weighted by molar-refractivity contribution is 7.16. The number of hydrogen-bond acceptors (Lipinski definition) is 9. The molecule has 40 heavy (non-hydrogen) atoms. The zero-order valence-electron chi connectivity index (χ0n) is 23.7. The summed E-state index contributed by atoms with van der Waals surface area (Å²) in [7, 11) is 0.